The Morgan fingerprint density at radius 3 is 2.55 bits per heavy atom. The first kappa shape index (κ1) is 21.5. The van der Waals surface area contributed by atoms with Crippen molar-refractivity contribution in [1.29, 1.82) is 0 Å². The smallest absolute Gasteiger partial charge is 0.227 e. The van der Waals surface area contributed by atoms with Gasteiger partial charge in [0.2, 0.25) is 23.5 Å². The number of amides is 2. The number of rotatable bonds is 8. The fraction of sp³-hybridized carbons (Fsp3) is 0.565. The van der Waals surface area contributed by atoms with Crippen LogP contribution in [0.1, 0.15) is 37.1 Å². The van der Waals surface area contributed by atoms with Gasteiger partial charge < -0.3 is 14.3 Å². The van der Waals surface area contributed by atoms with Gasteiger partial charge in [-0.25, -0.2) is 0 Å². The minimum absolute atomic E-state index is 0.161. The van der Waals surface area contributed by atoms with Gasteiger partial charge in [-0.2, -0.15) is 4.98 Å². The van der Waals surface area contributed by atoms with E-state index >= 15 is 0 Å². The van der Waals surface area contributed by atoms with Gasteiger partial charge in [0.1, 0.15) is 0 Å². The molecule has 2 saturated heterocycles. The van der Waals surface area contributed by atoms with Crippen LogP contribution in [0.5, 0.6) is 0 Å². The highest BCUT2D eigenvalue weighted by Crippen LogP contribution is 2.17. The molecule has 0 radical (unpaired) electrons. The maximum atomic E-state index is 12.4. The molecular weight excluding hydrogens is 394 g/mol. The summed E-state index contributed by atoms with van der Waals surface area (Å²) in [6.45, 7) is 7.64. The van der Waals surface area contributed by atoms with E-state index < -0.39 is 0 Å². The molecule has 0 aliphatic carbocycles. The topological polar surface area (TPSA) is 82.8 Å². The van der Waals surface area contributed by atoms with Gasteiger partial charge in [-0.05, 0) is 26.3 Å². The molecule has 0 N–H and O–H groups in total. The van der Waals surface area contributed by atoms with Crippen molar-refractivity contribution in [2.45, 2.75) is 39.0 Å². The first-order chi connectivity index (χ1) is 15.1. The number of aromatic nitrogens is 2. The zero-order valence-electron chi connectivity index (χ0n) is 18.3. The highest BCUT2D eigenvalue weighted by Gasteiger charge is 2.24. The van der Waals surface area contributed by atoms with Crippen LogP contribution in [0.15, 0.2) is 28.8 Å². The zero-order chi connectivity index (χ0) is 21.6. The number of likely N-dealkylation sites (tertiary alicyclic amines) is 1. The van der Waals surface area contributed by atoms with Crippen molar-refractivity contribution >= 4 is 11.8 Å². The van der Waals surface area contributed by atoms with Crippen LogP contribution in [0.25, 0.3) is 11.4 Å². The molecule has 0 saturated carbocycles. The Balaban J connectivity index is 1.14. The molecule has 2 aromatic rings. The van der Waals surface area contributed by atoms with Gasteiger partial charge in [0.25, 0.3) is 0 Å². The summed E-state index contributed by atoms with van der Waals surface area (Å²) >= 11 is 0. The first-order valence-corrected chi connectivity index (χ1v) is 11.3. The largest absolute Gasteiger partial charge is 0.342 e. The Morgan fingerprint density at radius 2 is 1.84 bits per heavy atom. The van der Waals surface area contributed by atoms with Crippen LogP contribution in [0, 0.1) is 6.92 Å². The monoisotopic (exact) mass is 425 g/mol. The predicted molar refractivity (Wildman–Crippen MR) is 116 cm³/mol. The van der Waals surface area contributed by atoms with Gasteiger partial charge in [0.05, 0.1) is 0 Å². The number of hydrogen-bond donors (Lipinski definition) is 0. The normalized spacial score (nSPS) is 17.5. The molecular formula is C23H31N5O3. The first-order valence-electron chi connectivity index (χ1n) is 11.3. The van der Waals surface area contributed by atoms with Gasteiger partial charge in [0.15, 0.2) is 0 Å². The number of benzene rings is 1. The molecule has 0 spiro atoms. The van der Waals surface area contributed by atoms with Crippen LogP contribution in [0.2, 0.25) is 0 Å². The summed E-state index contributed by atoms with van der Waals surface area (Å²) in [6, 6.07) is 8.10. The van der Waals surface area contributed by atoms with Gasteiger partial charge >= 0.3 is 0 Å². The Hall–Kier alpha value is -2.74. The molecule has 0 unspecified atom stereocenters. The number of piperazine rings is 1. The summed E-state index contributed by atoms with van der Waals surface area (Å²) < 4.78 is 5.40. The molecule has 2 aliphatic rings. The van der Waals surface area contributed by atoms with E-state index in [-0.39, 0.29) is 11.8 Å². The zero-order valence-corrected chi connectivity index (χ0v) is 18.3. The van der Waals surface area contributed by atoms with E-state index in [0.29, 0.717) is 31.1 Å². The molecule has 2 aliphatic heterocycles. The van der Waals surface area contributed by atoms with Crippen molar-refractivity contribution in [2.75, 3.05) is 45.8 Å². The molecule has 0 atom stereocenters. The van der Waals surface area contributed by atoms with E-state index in [9.17, 15) is 9.59 Å². The lowest BCUT2D eigenvalue weighted by atomic mass is 10.1. The highest BCUT2D eigenvalue weighted by atomic mass is 16.5. The van der Waals surface area contributed by atoms with E-state index in [1.807, 2.05) is 34.1 Å². The van der Waals surface area contributed by atoms with Crippen molar-refractivity contribution in [3.05, 3.63) is 35.7 Å². The van der Waals surface area contributed by atoms with Gasteiger partial charge in [-0.3, -0.25) is 14.5 Å². The summed E-state index contributed by atoms with van der Waals surface area (Å²) in [5, 5.41) is 4.09. The summed E-state index contributed by atoms with van der Waals surface area (Å²) in [4.78, 5) is 34.8. The van der Waals surface area contributed by atoms with Crippen LogP contribution in [0.3, 0.4) is 0 Å². The third-order valence-corrected chi connectivity index (χ3v) is 6.13. The van der Waals surface area contributed by atoms with Crippen LogP contribution in [0.4, 0.5) is 0 Å². The standard InChI is InChI=1S/C23H31N5O3/c1-18-6-8-19(9-7-18)23-24-20(31-25-23)4-2-11-26-14-16-28(17-15-26)22(30)10-13-27-12-3-5-21(27)29/h6-9H,2-5,10-17H2,1H3. The van der Waals surface area contributed by atoms with Crippen molar-refractivity contribution in [3.63, 3.8) is 0 Å². The molecule has 2 fully saturated rings. The van der Waals surface area contributed by atoms with Crippen molar-refractivity contribution in [1.82, 2.24) is 24.8 Å². The Bertz CT molecular complexity index is 887. The SMILES string of the molecule is Cc1ccc(-c2noc(CCCN3CCN(C(=O)CCN4CCCC4=O)CC3)n2)cc1. The van der Waals surface area contributed by atoms with Crippen LogP contribution >= 0.6 is 0 Å². The number of nitrogens with zero attached hydrogens (tertiary/aromatic N) is 5. The van der Waals surface area contributed by atoms with Crippen molar-refractivity contribution in [3.8, 4) is 11.4 Å². The van der Waals surface area contributed by atoms with Crippen molar-refractivity contribution < 1.29 is 14.1 Å². The summed E-state index contributed by atoms with van der Waals surface area (Å²) in [7, 11) is 0. The molecule has 1 aromatic carbocycles. The number of carbonyl (C=O) groups is 2. The van der Waals surface area contributed by atoms with E-state index in [2.05, 4.69) is 22.0 Å². The third kappa shape index (κ3) is 5.70. The number of hydrogen-bond acceptors (Lipinski definition) is 6. The van der Waals surface area contributed by atoms with E-state index in [1.54, 1.807) is 0 Å². The summed E-state index contributed by atoms with van der Waals surface area (Å²) in [5.41, 5.74) is 2.17. The fourth-order valence-electron chi connectivity index (χ4n) is 4.18. The number of carbonyl (C=O) groups excluding carboxylic acids is 2. The molecule has 2 amide bonds. The minimum atomic E-state index is 0.161. The molecule has 0 bridgehead atoms. The lowest BCUT2D eigenvalue weighted by Crippen LogP contribution is -2.49. The molecule has 3 heterocycles. The van der Waals surface area contributed by atoms with E-state index in [4.69, 9.17) is 4.52 Å². The van der Waals surface area contributed by atoms with Gasteiger partial charge in [-0.1, -0.05) is 35.0 Å². The summed E-state index contributed by atoms with van der Waals surface area (Å²) in [5.74, 6) is 1.65. The minimum Gasteiger partial charge on any atom is -0.342 e. The maximum Gasteiger partial charge on any atom is 0.227 e. The molecule has 4 rings (SSSR count). The molecule has 166 valence electrons. The average molecular weight is 426 g/mol. The van der Waals surface area contributed by atoms with Crippen LogP contribution in [-0.4, -0.2) is 82.5 Å². The molecule has 8 heteroatoms. The average Bonchev–Trinajstić information content (AvgIpc) is 3.42. The second-order valence-corrected chi connectivity index (χ2v) is 8.44. The lowest BCUT2D eigenvalue weighted by molar-refractivity contribution is -0.134. The second-order valence-electron chi connectivity index (χ2n) is 8.44. The second kappa shape index (κ2) is 10.0. The van der Waals surface area contributed by atoms with E-state index in [0.717, 1.165) is 64.1 Å². The lowest BCUT2D eigenvalue weighted by Gasteiger charge is -2.35. The Morgan fingerprint density at radius 1 is 1.06 bits per heavy atom. The predicted octanol–water partition coefficient (Wildman–Crippen LogP) is 2.13. The summed E-state index contributed by atoms with van der Waals surface area (Å²) in [6.07, 6.45) is 3.68. The molecule has 8 nitrogen and oxygen atoms in total. The Labute approximate surface area is 183 Å². The molecule has 1 aromatic heterocycles. The quantitative estimate of drug-likeness (QED) is 0.644. The van der Waals surface area contributed by atoms with E-state index in [1.165, 1.54) is 5.56 Å². The maximum absolute atomic E-state index is 12.4. The van der Waals surface area contributed by atoms with Gasteiger partial charge in [-0.15, -0.1) is 0 Å². The van der Waals surface area contributed by atoms with Gasteiger partial charge in [0, 0.05) is 64.1 Å². The Kier molecular flexibility index (Phi) is 6.96. The van der Waals surface area contributed by atoms with Crippen LogP contribution in [-0.2, 0) is 16.0 Å². The number of aryl methyl sites for hydroxylation is 2. The van der Waals surface area contributed by atoms with Crippen LogP contribution < -0.4 is 0 Å². The van der Waals surface area contributed by atoms with Crippen molar-refractivity contribution in [2.24, 2.45) is 0 Å². The fourth-order valence-corrected chi connectivity index (χ4v) is 4.18. The molecule has 31 heavy (non-hydrogen) atoms. The highest BCUT2D eigenvalue weighted by molar-refractivity contribution is 5.80. The third-order valence-electron chi connectivity index (χ3n) is 6.13.